The SMILES string of the molecule is CC(C)(C)[C@@H]1CCc2c(sc(N=Cc3cn(CC(=O)Nc4ccccc4)c4ccccc34)c2C#N)C1. The number of aliphatic imine (C=N–C) groups is 1. The van der Waals surface area contributed by atoms with Crippen LogP contribution in [0, 0.1) is 22.7 Å². The van der Waals surface area contributed by atoms with Crippen LogP contribution in [0.5, 0.6) is 0 Å². The van der Waals surface area contributed by atoms with E-state index in [2.05, 4.69) is 32.2 Å². The average molecular weight is 495 g/mol. The number of benzene rings is 2. The fourth-order valence-electron chi connectivity index (χ4n) is 5.03. The maximum atomic E-state index is 12.7. The molecule has 1 atom stereocenters. The van der Waals surface area contributed by atoms with Crippen LogP contribution in [0.15, 0.2) is 65.8 Å². The minimum atomic E-state index is -0.0865. The smallest absolute Gasteiger partial charge is 0.244 e. The number of anilines is 1. The molecule has 0 unspecified atom stereocenters. The summed E-state index contributed by atoms with van der Waals surface area (Å²) in [6, 6.07) is 19.9. The van der Waals surface area contributed by atoms with Gasteiger partial charge in [-0.3, -0.25) is 4.79 Å². The summed E-state index contributed by atoms with van der Waals surface area (Å²) in [6.45, 7) is 7.11. The Hall–Kier alpha value is -3.69. The van der Waals surface area contributed by atoms with Crippen molar-refractivity contribution in [2.75, 3.05) is 5.32 Å². The van der Waals surface area contributed by atoms with Crippen molar-refractivity contribution in [1.82, 2.24) is 4.57 Å². The molecule has 36 heavy (non-hydrogen) atoms. The average Bonchev–Trinajstić information content (AvgIpc) is 3.39. The summed E-state index contributed by atoms with van der Waals surface area (Å²) in [5.41, 5.74) is 4.86. The van der Waals surface area contributed by atoms with Crippen molar-refractivity contribution in [1.29, 1.82) is 5.26 Å². The highest BCUT2D eigenvalue weighted by Crippen LogP contribution is 2.45. The number of hydrogen-bond donors (Lipinski definition) is 1. The van der Waals surface area contributed by atoms with Crippen LogP contribution in [0.1, 0.15) is 48.8 Å². The summed E-state index contributed by atoms with van der Waals surface area (Å²) >= 11 is 1.66. The van der Waals surface area contributed by atoms with Gasteiger partial charge in [-0.2, -0.15) is 5.26 Å². The number of nitrogens with zero attached hydrogens (tertiary/aromatic N) is 3. The lowest BCUT2D eigenvalue weighted by atomic mass is 9.72. The molecule has 0 radical (unpaired) electrons. The molecule has 2 aromatic carbocycles. The summed E-state index contributed by atoms with van der Waals surface area (Å²) < 4.78 is 1.95. The third-order valence-electron chi connectivity index (χ3n) is 7.10. The summed E-state index contributed by atoms with van der Waals surface area (Å²) in [5.74, 6) is 0.531. The van der Waals surface area contributed by atoms with Crippen molar-refractivity contribution in [3.63, 3.8) is 0 Å². The lowest BCUT2D eigenvalue weighted by Gasteiger charge is -2.33. The second-order valence-electron chi connectivity index (χ2n) is 10.5. The Morgan fingerprint density at radius 1 is 1.19 bits per heavy atom. The lowest BCUT2D eigenvalue weighted by molar-refractivity contribution is -0.116. The zero-order valence-corrected chi connectivity index (χ0v) is 21.7. The van der Waals surface area contributed by atoms with Crippen molar-refractivity contribution in [2.24, 2.45) is 16.3 Å². The Balaban J connectivity index is 1.42. The van der Waals surface area contributed by atoms with Crippen molar-refractivity contribution >= 4 is 45.0 Å². The maximum absolute atomic E-state index is 12.7. The molecule has 2 heterocycles. The van der Waals surface area contributed by atoms with E-state index in [1.165, 1.54) is 10.4 Å². The van der Waals surface area contributed by atoms with E-state index < -0.39 is 0 Å². The van der Waals surface area contributed by atoms with Gasteiger partial charge < -0.3 is 9.88 Å². The van der Waals surface area contributed by atoms with Gasteiger partial charge in [0.2, 0.25) is 5.91 Å². The predicted octanol–water partition coefficient (Wildman–Crippen LogP) is 7.11. The first-order valence-electron chi connectivity index (χ1n) is 12.3. The van der Waals surface area contributed by atoms with E-state index in [1.54, 1.807) is 11.3 Å². The van der Waals surface area contributed by atoms with E-state index in [4.69, 9.17) is 4.99 Å². The highest BCUT2D eigenvalue weighted by molar-refractivity contribution is 7.16. The van der Waals surface area contributed by atoms with Gasteiger partial charge in [0.1, 0.15) is 17.6 Å². The molecule has 1 amide bonds. The molecule has 1 N–H and O–H groups in total. The topological polar surface area (TPSA) is 70.2 Å². The van der Waals surface area contributed by atoms with Crippen LogP contribution in [0.4, 0.5) is 10.7 Å². The van der Waals surface area contributed by atoms with Gasteiger partial charge in [0.05, 0.1) is 5.56 Å². The molecule has 182 valence electrons. The zero-order valence-electron chi connectivity index (χ0n) is 20.9. The van der Waals surface area contributed by atoms with Crippen LogP contribution in [0.25, 0.3) is 10.9 Å². The maximum Gasteiger partial charge on any atom is 0.244 e. The highest BCUT2D eigenvalue weighted by Gasteiger charge is 2.32. The van der Waals surface area contributed by atoms with Gasteiger partial charge in [0.25, 0.3) is 0 Å². The fourth-order valence-corrected chi connectivity index (χ4v) is 6.25. The van der Waals surface area contributed by atoms with E-state index >= 15 is 0 Å². The number of fused-ring (bicyclic) bond motifs is 2. The van der Waals surface area contributed by atoms with Gasteiger partial charge in [-0.25, -0.2) is 4.99 Å². The van der Waals surface area contributed by atoms with E-state index in [-0.39, 0.29) is 17.9 Å². The van der Waals surface area contributed by atoms with E-state index in [1.807, 2.05) is 71.6 Å². The van der Waals surface area contributed by atoms with Crippen LogP contribution in [0.3, 0.4) is 0 Å². The van der Waals surface area contributed by atoms with Gasteiger partial charge in [0, 0.05) is 39.4 Å². The molecule has 5 rings (SSSR count). The largest absolute Gasteiger partial charge is 0.337 e. The molecular formula is C30H30N4OS. The zero-order chi connectivity index (χ0) is 25.3. The van der Waals surface area contributed by atoms with Crippen molar-refractivity contribution in [3.8, 4) is 6.07 Å². The number of carbonyl (C=O) groups excluding carboxylic acids is 1. The Kier molecular flexibility index (Phi) is 6.51. The number of carbonyl (C=O) groups is 1. The van der Waals surface area contributed by atoms with Crippen LogP contribution in [0.2, 0.25) is 0 Å². The summed E-state index contributed by atoms with van der Waals surface area (Å²) in [4.78, 5) is 18.8. The number of hydrogen-bond acceptors (Lipinski definition) is 4. The number of nitrogens with one attached hydrogen (secondary N) is 1. The molecule has 0 saturated heterocycles. The monoisotopic (exact) mass is 494 g/mol. The molecule has 0 spiro atoms. The quantitative estimate of drug-likeness (QED) is 0.300. The Morgan fingerprint density at radius 2 is 1.94 bits per heavy atom. The lowest BCUT2D eigenvalue weighted by Crippen LogP contribution is -2.26. The standard InChI is InChI=1S/C30H30N4OS/c1-30(2,3)21-13-14-24-25(16-31)29(36-27(24)15-21)32-17-20-18-34(26-12-8-7-11-23(20)26)19-28(35)33-22-9-5-4-6-10-22/h4-12,17-18,21H,13-15,19H2,1-3H3,(H,33,35)/t21-/m1/s1. The van der Waals surface area contributed by atoms with Crippen LogP contribution in [-0.4, -0.2) is 16.7 Å². The second-order valence-corrected chi connectivity index (χ2v) is 11.6. The third kappa shape index (κ3) is 4.84. The molecule has 5 nitrogen and oxygen atoms in total. The summed E-state index contributed by atoms with van der Waals surface area (Å²) in [6.07, 6.45) is 6.89. The van der Waals surface area contributed by atoms with Crippen molar-refractivity contribution in [2.45, 2.75) is 46.6 Å². The van der Waals surface area contributed by atoms with Gasteiger partial charge in [-0.1, -0.05) is 57.2 Å². The minimum Gasteiger partial charge on any atom is -0.337 e. The molecule has 0 saturated carbocycles. The number of rotatable bonds is 5. The summed E-state index contributed by atoms with van der Waals surface area (Å²) in [7, 11) is 0. The molecule has 6 heteroatoms. The molecule has 0 fully saturated rings. The van der Waals surface area contributed by atoms with Gasteiger partial charge in [-0.05, 0) is 54.4 Å². The fraction of sp³-hybridized carbons (Fsp3) is 0.300. The first-order valence-corrected chi connectivity index (χ1v) is 13.2. The van der Waals surface area contributed by atoms with E-state index in [9.17, 15) is 10.1 Å². The van der Waals surface area contributed by atoms with Gasteiger partial charge in [0.15, 0.2) is 0 Å². The predicted molar refractivity (Wildman–Crippen MR) is 148 cm³/mol. The Morgan fingerprint density at radius 3 is 2.69 bits per heavy atom. The van der Waals surface area contributed by atoms with Crippen LogP contribution in [-0.2, 0) is 24.2 Å². The van der Waals surface area contributed by atoms with Gasteiger partial charge >= 0.3 is 0 Å². The Bertz CT molecular complexity index is 1480. The number of nitriles is 1. The van der Waals surface area contributed by atoms with Crippen molar-refractivity contribution < 1.29 is 4.79 Å². The molecule has 0 bridgehead atoms. The highest BCUT2D eigenvalue weighted by atomic mass is 32.1. The molecule has 4 aromatic rings. The first kappa shape index (κ1) is 24.0. The van der Waals surface area contributed by atoms with E-state index in [0.717, 1.165) is 52.0 Å². The molecular weight excluding hydrogens is 464 g/mol. The third-order valence-corrected chi connectivity index (χ3v) is 8.26. The van der Waals surface area contributed by atoms with Crippen molar-refractivity contribution in [3.05, 3.63) is 82.4 Å². The summed E-state index contributed by atoms with van der Waals surface area (Å²) in [5, 5.41) is 14.7. The Labute approximate surface area is 216 Å². The number of para-hydroxylation sites is 2. The van der Waals surface area contributed by atoms with E-state index in [0.29, 0.717) is 5.92 Å². The van der Waals surface area contributed by atoms with Crippen LogP contribution >= 0.6 is 11.3 Å². The second kappa shape index (κ2) is 9.75. The molecule has 1 aliphatic carbocycles. The number of aromatic nitrogens is 1. The molecule has 1 aliphatic rings. The van der Waals surface area contributed by atoms with Crippen LogP contribution < -0.4 is 5.32 Å². The molecule has 0 aliphatic heterocycles. The normalized spacial score (nSPS) is 15.7. The molecule has 2 aromatic heterocycles. The minimum absolute atomic E-state index is 0.0865. The first-order chi connectivity index (χ1) is 17.3. The van der Waals surface area contributed by atoms with Gasteiger partial charge in [-0.15, -0.1) is 11.3 Å². The number of thiophene rings is 1. The number of amides is 1.